The fourth-order valence-electron chi connectivity index (χ4n) is 4.06. The Labute approximate surface area is 136 Å². The molecule has 0 amide bonds. The maximum absolute atomic E-state index is 9.25. The monoisotopic (exact) mass is 304 g/mol. The quantitative estimate of drug-likeness (QED) is 0.927. The lowest BCUT2D eigenvalue weighted by Crippen LogP contribution is -2.47. The summed E-state index contributed by atoms with van der Waals surface area (Å²) in [4.78, 5) is 0. The van der Waals surface area contributed by atoms with Crippen molar-refractivity contribution in [3.8, 4) is 11.8 Å². The molecule has 1 spiro atoms. The molecular formula is C20H20N2O. The number of rotatable bonds is 2. The number of benzene rings is 2. The van der Waals surface area contributed by atoms with Crippen molar-refractivity contribution in [2.45, 2.75) is 30.8 Å². The van der Waals surface area contributed by atoms with Gasteiger partial charge in [-0.3, -0.25) is 0 Å². The van der Waals surface area contributed by atoms with Gasteiger partial charge >= 0.3 is 0 Å². The molecule has 2 aromatic rings. The zero-order valence-corrected chi connectivity index (χ0v) is 13.1. The largest absolute Gasteiger partial charge is 0.489 e. The second-order valence-corrected chi connectivity index (χ2v) is 6.53. The lowest BCUT2D eigenvalue weighted by molar-refractivity contribution is 0.118. The molecule has 2 aliphatic rings. The number of nitriles is 1. The zero-order chi connectivity index (χ0) is 15.7. The van der Waals surface area contributed by atoms with Crippen molar-refractivity contribution in [3.63, 3.8) is 0 Å². The number of hydrogen-bond donors (Lipinski definition) is 1. The number of nitrogens with zero attached hydrogens (tertiary/aromatic N) is 1. The minimum Gasteiger partial charge on any atom is -0.489 e. The van der Waals surface area contributed by atoms with Crippen molar-refractivity contribution in [2.75, 3.05) is 13.1 Å². The van der Waals surface area contributed by atoms with Gasteiger partial charge in [0.25, 0.3) is 0 Å². The van der Waals surface area contributed by atoms with E-state index in [2.05, 4.69) is 35.7 Å². The van der Waals surface area contributed by atoms with E-state index in [0.717, 1.165) is 43.7 Å². The van der Waals surface area contributed by atoms with E-state index in [1.165, 1.54) is 11.1 Å². The fourth-order valence-corrected chi connectivity index (χ4v) is 4.06. The van der Waals surface area contributed by atoms with E-state index >= 15 is 0 Å². The van der Waals surface area contributed by atoms with E-state index in [0.29, 0.717) is 0 Å². The minimum atomic E-state index is 0.0310. The van der Waals surface area contributed by atoms with Gasteiger partial charge in [-0.25, -0.2) is 0 Å². The molecule has 0 aliphatic carbocycles. The Morgan fingerprint density at radius 2 is 1.91 bits per heavy atom. The molecule has 0 saturated carbocycles. The van der Waals surface area contributed by atoms with Gasteiger partial charge in [-0.1, -0.05) is 30.3 Å². The predicted molar refractivity (Wildman–Crippen MR) is 89.5 cm³/mol. The maximum atomic E-state index is 9.25. The Morgan fingerprint density at radius 3 is 2.65 bits per heavy atom. The van der Waals surface area contributed by atoms with Crippen LogP contribution in [0, 0.1) is 11.3 Å². The van der Waals surface area contributed by atoms with Crippen LogP contribution in [-0.4, -0.2) is 19.2 Å². The third-order valence-electron chi connectivity index (χ3n) is 5.29. The number of nitrogens with one attached hydrogen (secondary N) is 1. The molecule has 0 bridgehead atoms. The Bertz CT molecular complexity index is 742. The van der Waals surface area contributed by atoms with Crippen LogP contribution >= 0.6 is 0 Å². The van der Waals surface area contributed by atoms with Crippen LogP contribution in [0.4, 0.5) is 0 Å². The van der Waals surface area contributed by atoms with Crippen molar-refractivity contribution < 1.29 is 4.74 Å². The van der Waals surface area contributed by atoms with Crippen molar-refractivity contribution in [1.29, 1.82) is 5.26 Å². The van der Waals surface area contributed by atoms with Gasteiger partial charge < -0.3 is 10.1 Å². The number of piperidine rings is 1. The first kappa shape index (κ1) is 14.3. The molecule has 4 rings (SSSR count). The van der Waals surface area contributed by atoms with Crippen LogP contribution in [0.3, 0.4) is 0 Å². The minimum absolute atomic E-state index is 0.0310. The van der Waals surface area contributed by atoms with Gasteiger partial charge in [-0.2, -0.15) is 5.26 Å². The molecule has 1 unspecified atom stereocenters. The van der Waals surface area contributed by atoms with Crippen molar-refractivity contribution in [2.24, 2.45) is 0 Å². The van der Waals surface area contributed by atoms with Crippen LogP contribution in [0.25, 0.3) is 0 Å². The van der Waals surface area contributed by atoms with Gasteiger partial charge in [-0.05, 0) is 49.7 Å². The van der Waals surface area contributed by atoms with E-state index in [-0.39, 0.29) is 11.5 Å². The SMILES string of the molecule is N#Cc1ccc2c(c1)C1(CCNCC1)C(Cc1ccccc1)O2. The van der Waals surface area contributed by atoms with E-state index in [9.17, 15) is 5.26 Å². The third kappa shape index (κ3) is 2.40. The summed E-state index contributed by atoms with van der Waals surface area (Å²) in [5.41, 5.74) is 3.30. The van der Waals surface area contributed by atoms with Crippen LogP contribution in [0.2, 0.25) is 0 Å². The Kier molecular flexibility index (Phi) is 3.55. The highest BCUT2D eigenvalue weighted by molar-refractivity contribution is 5.50. The van der Waals surface area contributed by atoms with Crippen LogP contribution in [0.5, 0.6) is 5.75 Å². The molecule has 3 heteroatoms. The van der Waals surface area contributed by atoms with Gasteiger partial charge in [0.05, 0.1) is 11.6 Å². The maximum Gasteiger partial charge on any atom is 0.123 e. The van der Waals surface area contributed by atoms with E-state index < -0.39 is 0 Å². The summed E-state index contributed by atoms with van der Waals surface area (Å²) in [6.45, 7) is 2.01. The van der Waals surface area contributed by atoms with Gasteiger partial charge in [0, 0.05) is 17.4 Å². The van der Waals surface area contributed by atoms with Crippen LogP contribution in [0.1, 0.15) is 29.5 Å². The third-order valence-corrected chi connectivity index (χ3v) is 5.29. The van der Waals surface area contributed by atoms with E-state index in [4.69, 9.17) is 4.74 Å². The molecule has 1 fully saturated rings. The molecule has 2 heterocycles. The summed E-state index contributed by atoms with van der Waals surface area (Å²) in [5, 5.41) is 12.7. The normalized spacial score (nSPS) is 21.4. The fraction of sp³-hybridized carbons (Fsp3) is 0.350. The van der Waals surface area contributed by atoms with Gasteiger partial charge in [0.15, 0.2) is 0 Å². The number of fused-ring (bicyclic) bond motifs is 2. The average Bonchev–Trinajstić information content (AvgIpc) is 2.89. The average molecular weight is 304 g/mol. The first-order valence-corrected chi connectivity index (χ1v) is 8.28. The first-order chi connectivity index (χ1) is 11.3. The van der Waals surface area contributed by atoms with Crippen molar-refractivity contribution in [1.82, 2.24) is 5.32 Å². The summed E-state index contributed by atoms with van der Waals surface area (Å²) in [6, 6.07) is 18.7. The summed E-state index contributed by atoms with van der Waals surface area (Å²) in [6.07, 6.45) is 3.19. The number of hydrogen-bond acceptors (Lipinski definition) is 3. The molecular weight excluding hydrogens is 284 g/mol. The first-order valence-electron chi connectivity index (χ1n) is 8.28. The Morgan fingerprint density at radius 1 is 1.13 bits per heavy atom. The number of ether oxygens (including phenoxy) is 1. The van der Waals surface area contributed by atoms with Crippen molar-refractivity contribution in [3.05, 3.63) is 65.2 Å². The summed E-state index contributed by atoms with van der Waals surface area (Å²) < 4.78 is 6.37. The van der Waals surface area contributed by atoms with Crippen LogP contribution < -0.4 is 10.1 Å². The standard InChI is InChI=1S/C20H20N2O/c21-14-16-6-7-18-17(12-16)20(8-10-22-11-9-20)19(23-18)13-15-4-2-1-3-5-15/h1-7,12,19,22H,8-11,13H2. The molecule has 2 aromatic carbocycles. The second-order valence-electron chi connectivity index (χ2n) is 6.53. The summed E-state index contributed by atoms with van der Waals surface area (Å²) in [7, 11) is 0. The highest BCUT2D eigenvalue weighted by atomic mass is 16.5. The molecule has 1 atom stereocenters. The molecule has 1 N–H and O–H groups in total. The summed E-state index contributed by atoms with van der Waals surface area (Å²) in [5.74, 6) is 0.965. The Hall–Kier alpha value is -2.31. The molecule has 2 aliphatic heterocycles. The topological polar surface area (TPSA) is 45.0 Å². The van der Waals surface area contributed by atoms with Gasteiger partial charge in [0.2, 0.25) is 0 Å². The molecule has 1 saturated heterocycles. The van der Waals surface area contributed by atoms with Crippen LogP contribution in [-0.2, 0) is 11.8 Å². The highest BCUT2D eigenvalue weighted by Crippen LogP contribution is 2.49. The molecule has 0 aromatic heterocycles. The van der Waals surface area contributed by atoms with E-state index in [1.807, 2.05) is 24.3 Å². The lowest BCUT2D eigenvalue weighted by atomic mass is 9.69. The highest BCUT2D eigenvalue weighted by Gasteiger charge is 2.49. The molecule has 23 heavy (non-hydrogen) atoms. The van der Waals surface area contributed by atoms with Gasteiger partial charge in [0.1, 0.15) is 11.9 Å². The zero-order valence-electron chi connectivity index (χ0n) is 13.1. The predicted octanol–water partition coefficient (Wildman–Crippen LogP) is 3.18. The smallest absolute Gasteiger partial charge is 0.123 e. The summed E-state index contributed by atoms with van der Waals surface area (Å²) >= 11 is 0. The molecule has 116 valence electrons. The second kappa shape index (κ2) is 5.72. The molecule has 3 nitrogen and oxygen atoms in total. The van der Waals surface area contributed by atoms with E-state index in [1.54, 1.807) is 0 Å². The lowest BCUT2D eigenvalue weighted by Gasteiger charge is -2.38. The Balaban J connectivity index is 1.74. The van der Waals surface area contributed by atoms with Crippen LogP contribution in [0.15, 0.2) is 48.5 Å². The van der Waals surface area contributed by atoms with Gasteiger partial charge in [-0.15, -0.1) is 0 Å². The van der Waals surface area contributed by atoms with Crippen molar-refractivity contribution >= 4 is 0 Å². The molecule has 0 radical (unpaired) electrons.